The van der Waals surface area contributed by atoms with Crippen LogP contribution < -0.4 is 4.90 Å². The Balaban J connectivity index is 2.24. The summed E-state index contributed by atoms with van der Waals surface area (Å²) in [5.74, 6) is 0.503. The zero-order chi connectivity index (χ0) is 11.7. The maximum atomic E-state index is 11.5. The van der Waals surface area contributed by atoms with E-state index in [0.717, 1.165) is 23.8 Å². The highest BCUT2D eigenvalue weighted by Crippen LogP contribution is 2.27. The summed E-state index contributed by atoms with van der Waals surface area (Å²) in [5.41, 5.74) is 2.37. The number of nitrogens with zero attached hydrogens (tertiary/aromatic N) is 1. The van der Waals surface area contributed by atoms with E-state index < -0.39 is 0 Å². The molecule has 0 amide bonds. The Morgan fingerprint density at radius 2 is 2.19 bits per heavy atom. The van der Waals surface area contributed by atoms with Crippen molar-refractivity contribution >= 4 is 23.1 Å². The molecule has 1 fully saturated rings. The van der Waals surface area contributed by atoms with Crippen LogP contribution in [0.25, 0.3) is 0 Å². The first-order valence-electron chi connectivity index (χ1n) is 5.62. The van der Waals surface area contributed by atoms with Crippen molar-refractivity contribution in [2.45, 2.75) is 20.3 Å². The first-order valence-corrected chi connectivity index (χ1v) is 5.99. The van der Waals surface area contributed by atoms with E-state index in [1.807, 2.05) is 25.1 Å². The van der Waals surface area contributed by atoms with Crippen molar-refractivity contribution < 1.29 is 4.79 Å². The number of rotatable bonds is 1. The number of ketones is 1. The predicted molar refractivity (Wildman–Crippen MR) is 67.2 cm³/mol. The van der Waals surface area contributed by atoms with Crippen molar-refractivity contribution in [1.82, 2.24) is 0 Å². The topological polar surface area (TPSA) is 20.3 Å². The van der Waals surface area contributed by atoms with Crippen LogP contribution in [0.4, 0.5) is 5.69 Å². The summed E-state index contributed by atoms with van der Waals surface area (Å²) in [5, 5.41) is 0.755. The van der Waals surface area contributed by atoms with Gasteiger partial charge in [-0.3, -0.25) is 4.79 Å². The molecule has 1 saturated heterocycles. The molecule has 0 spiro atoms. The number of anilines is 1. The molecule has 2 nitrogen and oxygen atoms in total. The van der Waals surface area contributed by atoms with Gasteiger partial charge in [-0.15, -0.1) is 0 Å². The van der Waals surface area contributed by atoms with Crippen LogP contribution in [0.3, 0.4) is 0 Å². The van der Waals surface area contributed by atoms with Crippen molar-refractivity contribution in [3.05, 3.63) is 28.8 Å². The summed E-state index contributed by atoms with van der Waals surface area (Å²) in [4.78, 5) is 13.7. The average molecular weight is 238 g/mol. The van der Waals surface area contributed by atoms with Crippen molar-refractivity contribution in [2.24, 2.45) is 5.92 Å². The number of piperidine rings is 1. The van der Waals surface area contributed by atoms with Crippen LogP contribution in [0.2, 0.25) is 5.02 Å². The third kappa shape index (κ3) is 2.22. The van der Waals surface area contributed by atoms with Gasteiger partial charge in [0.05, 0.1) is 0 Å². The standard InChI is InChI=1S/C13H16ClNO/c1-9-3-4-11(14)7-12(9)15-6-5-13(16)10(2)8-15/h3-4,7,10H,5-6,8H2,1-2H3. The molecule has 1 aromatic rings. The molecule has 0 saturated carbocycles. The van der Waals surface area contributed by atoms with Gasteiger partial charge >= 0.3 is 0 Å². The van der Waals surface area contributed by atoms with Crippen LogP contribution in [0.1, 0.15) is 18.9 Å². The zero-order valence-corrected chi connectivity index (χ0v) is 10.4. The van der Waals surface area contributed by atoms with Gasteiger partial charge in [-0.2, -0.15) is 0 Å². The van der Waals surface area contributed by atoms with E-state index in [0.29, 0.717) is 12.2 Å². The summed E-state index contributed by atoms with van der Waals surface area (Å²) >= 11 is 6.01. The van der Waals surface area contributed by atoms with E-state index >= 15 is 0 Å². The molecule has 1 heterocycles. The minimum Gasteiger partial charge on any atom is -0.370 e. The van der Waals surface area contributed by atoms with Crippen molar-refractivity contribution in [3.63, 3.8) is 0 Å². The van der Waals surface area contributed by atoms with Gasteiger partial charge < -0.3 is 4.90 Å². The smallest absolute Gasteiger partial charge is 0.139 e. The zero-order valence-electron chi connectivity index (χ0n) is 9.66. The fraction of sp³-hybridized carbons (Fsp3) is 0.462. The molecule has 0 aromatic heterocycles. The Labute approximate surface area is 101 Å². The van der Waals surface area contributed by atoms with Crippen molar-refractivity contribution in [2.75, 3.05) is 18.0 Å². The molecular formula is C13H16ClNO. The SMILES string of the molecule is Cc1ccc(Cl)cc1N1CCC(=O)C(C)C1. The minimum absolute atomic E-state index is 0.132. The Hall–Kier alpha value is -1.02. The molecule has 0 bridgehead atoms. The largest absolute Gasteiger partial charge is 0.370 e. The van der Waals surface area contributed by atoms with Crippen LogP contribution in [-0.4, -0.2) is 18.9 Å². The molecule has 0 N–H and O–H groups in total. The first-order chi connectivity index (χ1) is 7.58. The Morgan fingerprint density at radius 3 is 2.88 bits per heavy atom. The summed E-state index contributed by atoms with van der Waals surface area (Å²) in [6.45, 7) is 5.69. The maximum Gasteiger partial charge on any atom is 0.139 e. The summed E-state index contributed by atoms with van der Waals surface area (Å²) in [7, 11) is 0. The molecule has 1 aliphatic heterocycles. The molecule has 1 aromatic carbocycles. The number of carbonyl (C=O) groups is 1. The maximum absolute atomic E-state index is 11.5. The lowest BCUT2D eigenvalue weighted by molar-refractivity contribution is -0.122. The molecule has 3 heteroatoms. The second-order valence-corrected chi connectivity index (χ2v) is 4.93. The van der Waals surface area contributed by atoms with Crippen LogP contribution in [0.5, 0.6) is 0 Å². The highest BCUT2D eigenvalue weighted by atomic mass is 35.5. The molecule has 1 aliphatic rings. The number of carbonyl (C=O) groups excluding carboxylic acids is 1. The van der Waals surface area contributed by atoms with E-state index in [9.17, 15) is 4.79 Å². The highest BCUT2D eigenvalue weighted by Gasteiger charge is 2.24. The molecular weight excluding hydrogens is 222 g/mol. The van der Waals surface area contributed by atoms with Gasteiger partial charge in [0.1, 0.15) is 5.78 Å². The average Bonchev–Trinajstić information content (AvgIpc) is 2.26. The molecule has 16 heavy (non-hydrogen) atoms. The van der Waals surface area contributed by atoms with Crippen LogP contribution in [0.15, 0.2) is 18.2 Å². The van der Waals surface area contributed by atoms with Crippen molar-refractivity contribution in [3.8, 4) is 0 Å². The highest BCUT2D eigenvalue weighted by molar-refractivity contribution is 6.30. The normalized spacial score (nSPS) is 21.3. The number of halogens is 1. The Kier molecular flexibility index (Phi) is 3.20. The summed E-state index contributed by atoms with van der Waals surface area (Å²) in [6, 6.07) is 5.91. The lowest BCUT2D eigenvalue weighted by atomic mass is 9.97. The second kappa shape index (κ2) is 4.46. The van der Waals surface area contributed by atoms with Crippen LogP contribution in [-0.2, 0) is 4.79 Å². The number of hydrogen-bond acceptors (Lipinski definition) is 2. The second-order valence-electron chi connectivity index (χ2n) is 4.49. The van der Waals surface area contributed by atoms with Crippen LogP contribution in [0, 0.1) is 12.8 Å². The van der Waals surface area contributed by atoms with E-state index in [-0.39, 0.29) is 5.92 Å². The third-order valence-corrected chi connectivity index (χ3v) is 3.42. The van der Waals surface area contributed by atoms with E-state index in [1.165, 1.54) is 5.56 Å². The third-order valence-electron chi connectivity index (χ3n) is 3.18. The van der Waals surface area contributed by atoms with E-state index in [2.05, 4.69) is 11.8 Å². The van der Waals surface area contributed by atoms with Crippen molar-refractivity contribution in [1.29, 1.82) is 0 Å². The summed E-state index contributed by atoms with van der Waals surface area (Å²) in [6.07, 6.45) is 0.646. The number of hydrogen-bond donors (Lipinski definition) is 0. The van der Waals surface area contributed by atoms with Gasteiger partial charge in [0, 0.05) is 36.1 Å². The fourth-order valence-electron chi connectivity index (χ4n) is 2.16. The molecule has 1 unspecified atom stereocenters. The quantitative estimate of drug-likeness (QED) is 0.748. The van der Waals surface area contributed by atoms with E-state index in [4.69, 9.17) is 11.6 Å². The summed E-state index contributed by atoms with van der Waals surface area (Å²) < 4.78 is 0. The number of Topliss-reactive ketones (excluding diaryl/α,β-unsaturated/α-hetero) is 1. The monoisotopic (exact) mass is 237 g/mol. The van der Waals surface area contributed by atoms with Gasteiger partial charge in [-0.25, -0.2) is 0 Å². The Bertz CT molecular complexity index is 416. The minimum atomic E-state index is 0.132. The molecule has 86 valence electrons. The molecule has 2 rings (SSSR count). The van der Waals surface area contributed by atoms with E-state index in [1.54, 1.807) is 0 Å². The predicted octanol–water partition coefficient (Wildman–Crippen LogP) is 3.06. The number of benzene rings is 1. The lowest BCUT2D eigenvalue weighted by Gasteiger charge is -2.33. The van der Waals surface area contributed by atoms with Gasteiger partial charge in [0.25, 0.3) is 0 Å². The van der Waals surface area contributed by atoms with Gasteiger partial charge in [0.15, 0.2) is 0 Å². The lowest BCUT2D eigenvalue weighted by Crippen LogP contribution is -2.39. The fourth-order valence-corrected chi connectivity index (χ4v) is 2.32. The van der Waals surface area contributed by atoms with Gasteiger partial charge in [-0.05, 0) is 24.6 Å². The molecule has 1 atom stereocenters. The van der Waals surface area contributed by atoms with Crippen LogP contribution >= 0.6 is 11.6 Å². The number of aryl methyl sites for hydroxylation is 1. The van der Waals surface area contributed by atoms with Gasteiger partial charge in [0.2, 0.25) is 0 Å². The first kappa shape index (κ1) is 11.5. The molecule has 0 aliphatic carbocycles. The van der Waals surface area contributed by atoms with Gasteiger partial charge in [-0.1, -0.05) is 24.6 Å². The Morgan fingerprint density at radius 1 is 1.44 bits per heavy atom. The molecule has 0 radical (unpaired) electrons.